The number of thiophene rings is 1. The van der Waals surface area contributed by atoms with Crippen LogP contribution in [-0.2, 0) is 16.1 Å². The number of aromatic nitrogens is 2. The summed E-state index contributed by atoms with van der Waals surface area (Å²) in [6, 6.07) is 11.3. The van der Waals surface area contributed by atoms with Gasteiger partial charge < -0.3 is 9.26 Å². The first-order valence-corrected chi connectivity index (χ1v) is 8.29. The van der Waals surface area contributed by atoms with E-state index in [9.17, 15) is 4.79 Å². The van der Waals surface area contributed by atoms with Gasteiger partial charge in [-0.3, -0.25) is 0 Å². The molecule has 0 aliphatic carbocycles. The summed E-state index contributed by atoms with van der Waals surface area (Å²) in [4.78, 5) is 16.8. The minimum atomic E-state index is -0.485. The van der Waals surface area contributed by atoms with Crippen LogP contribution in [0.5, 0.6) is 0 Å². The van der Waals surface area contributed by atoms with Gasteiger partial charge >= 0.3 is 5.97 Å². The van der Waals surface area contributed by atoms with Crippen LogP contribution >= 0.6 is 22.9 Å². The highest BCUT2D eigenvalue weighted by atomic mass is 35.5. The first-order valence-electron chi connectivity index (χ1n) is 7.10. The van der Waals surface area contributed by atoms with Crippen molar-refractivity contribution in [3.05, 3.63) is 63.1 Å². The Kier molecular flexibility index (Phi) is 5.08. The monoisotopic (exact) mass is 360 g/mol. The highest BCUT2D eigenvalue weighted by Gasteiger charge is 2.10. The summed E-state index contributed by atoms with van der Waals surface area (Å²) < 4.78 is 10.9. The molecule has 0 spiro atoms. The molecule has 0 bridgehead atoms. The van der Waals surface area contributed by atoms with Gasteiger partial charge in [-0.25, -0.2) is 4.79 Å². The molecule has 0 unspecified atom stereocenters. The van der Waals surface area contributed by atoms with Gasteiger partial charge in [-0.05, 0) is 37.3 Å². The number of aryl methyl sites for hydroxylation is 1. The third-order valence-corrected chi connectivity index (χ3v) is 4.28. The van der Waals surface area contributed by atoms with Crippen molar-refractivity contribution in [2.45, 2.75) is 13.5 Å². The van der Waals surface area contributed by atoms with Crippen LogP contribution in [0.3, 0.4) is 0 Å². The van der Waals surface area contributed by atoms with E-state index in [1.54, 1.807) is 12.1 Å². The van der Waals surface area contributed by atoms with Gasteiger partial charge in [-0.1, -0.05) is 34.5 Å². The zero-order valence-electron chi connectivity index (χ0n) is 12.7. The number of ether oxygens (including phenoxy) is 1. The first-order chi connectivity index (χ1) is 11.6. The van der Waals surface area contributed by atoms with E-state index in [1.807, 2.05) is 37.3 Å². The highest BCUT2D eigenvalue weighted by molar-refractivity contribution is 7.17. The maximum atomic E-state index is 11.7. The maximum absolute atomic E-state index is 11.7. The highest BCUT2D eigenvalue weighted by Crippen LogP contribution is 2.22. The molecule has 2 aromatic heterocycles. The van der Waals surface area contributed by atoms with Crippen molar-refractivity contribution in [3.63, 3.8) is 0 Å². The number of carbonyl (C=O) groups is 1. The van der Waals surface area contributed by atoms with Crippen LogP contribution in [0.15, 0.2) is 47.0 Å². The van der Waals surface area contributed by atoms with Crippen molar-refractivity contribution in [2.24, 2.45) is 0 Å². The van der Waals surface area contributed by atoms with E-state index >= 15 is 0 Å². The molecule has 3 aromatic rings. The summed E-state index contributed by atoms with van der Waals surface area (Å²) in [6.07, 6.45) is 2.98. The number of carbonyl (C=O) groups excluding carboxylic acids is 1. The first kappa shape index (κ1) is 16.4. The molecule has 0 aliphatic rings. The number of rotatable bonds is 5. The van der Waals surface area contributed by atoms with Crippen LogP contribution in [0.4, 0.5) is 0 Å². The molecule has 3 rings (SSSR count). The van der Waals surface area contributed by atoms with Gasteiger partial charge in [-0.2, -0.15) is 4.98 Å². The second kappa shape index (κ2) is 7.42. The van der Waals surface area contributed by atoms with E-state index in [4.69, 9.17) is 20.9 Å². The third kappa shape index (κ3) is 4.31. The van der Waals surface area contributed by atoms with Crippen molar-refractivity contribution < 1.29 is 14.1 Å². The van der Waals surface area contributed by atoms with Gasteiger partial charge in [0, 0.05) is 16.5 Å². The Morgan fingerprint density at radius 2 is 2.08 bits per heavy atom. The molecule has 0 radical (unpaired) electrons. The lowest BCUT2D eigenvalue weighted by molar-refractivity contribution is -0.139. The lowest BCUT2D eigenvalue weighted by Crippen LogP contribution is -2.01. The molecule has 0 fully saturated rings. The van der Waals surface area contributed by atoms with Gasteiger partial charge in [0.25, 0.3) is 5.89 Å². The molecule has 5 nitrogen and oxygen atoms in total. The lowest BCUT2D eigenvalue weighted by Gasteiger charge is -1.96. The second-order valence-corrected chi connectivity index (χ2v) is 6.71. The number of hydrogen-bond acceptors (Lipinski definition) is 6. The molecule has 7 heteroatoms. The van der Waals surface area contributed by atoms with Crippen molar-refractivity contribution >= 4 is 35.0 Å². The summed E-state index contributed by atoms with van der Waals surface area (Å²) in [5.74, 6) is 0.220. The van der Waals surface area contributed by atoms with Gasteiger partial charge in [0.2, 0.25) is 5.82 Å². The smallest absolute Gasteiger partial charge is 0.331 e. The normalized spacial score (nSPS) is 11.1. The summed E-state index contributed by atoms with van der Waals surface area (Å²) in [7, 11) is 0. The summed E-state index contributed by atoms with van der Waals surface area (Å²) >= 11 is 7.20. The molecular weight excluding hydrogens is 348 g/mol. The predicted molar refractivity (Wildman–Crippen MR) is 92.6 cm³/mol. The molecule has 0 N–H and O–H groups in total. The number of esters is 1. The van der Waals surface area contributed by atoms with Crippen molar-refractivity contribution in [2.75, 3.05) is 0 Å². The van der Waals surface area contributed by atoms with Crippen LogP contribution < -0.4 is 0 Å². The zero-order valence-corrected chi connectivity index (χ0v) is 14.3. The molecule has 1 aromatic carbocycles. The van der Waals surface area contributed by atoms with Gasteiger partial charge in [0.1, 0.15) is 0 Å². The van der Waals surface area contributed by atoms with Gasteiger partial charge in [-0.15, -0.1) is 11.3 Å². The Bertz CT molecular complexity index is 868. The number of benzene rings is 1. The SMILES string of the molecule is Cc1ccc(-c2nc(COC(=O)/C=C\c3ccc(Cl)s3)no2)cc1. The van der Waals surface area contributed by atoms with E-state index in [-0.39, 0.29) is 6.61 Å². The fourth-order valence-electron chi connectivity index (χ4n) is 1.88. The Morgan fingerprint density at radius 1 is 1.29 bits per heavy atom. The predicted octanol–water partition coefficient (Wildman–Crippen LogP) is 4.52. The van der Waals surface area contributed by atoms with E-state index in [0.29, 0.717) is 16.1 Å². The van der Waals surface area contributed by atoms with E-state index in [1.165, 1.54) is 17.4 Å². The van der Waals surface area contributed by atoms with E-state index < -0.39 is 5.97 Å². The number of halogens is 1. The Balaban J connectivity index is 1.56. The largest absolute Gasteiger partial charge is 0.454 e. The minimum Gasteiger partial charge on any atom is -0.454 e. The molecule has 122 valence electrons. The van der Waals surface area contributed by atoms with Crippen LogP contribution in [0.2, 0.25) is 4.34 Å². The Hall–Kier alpha value is -2.44. The topological polar surface area (TPSA) is 65.2 Å². The van der Waals surface area contributed by atoms with Gasteiger partial charge in [0.05, 0.1) is 4.34 Å². The summed E-state index contributed by atoms with van der Waals surface area (Å²) in [5.41, 5.74) is 1.96. The Labute approximate surface area is 147 Å². The minimum absolute atomic E-state index is 0.0519. The molecule has 0 atom stereocenters. The summed E-state index contributed by atoms with van der Waals surface area (Å²) in [6.45, 7) is 1.95. The second-order valence-electron chi connectivity index (χ2n) is 4.96. The average Bonchev–Trinajstić information content (AvgIpc) is 3.21. The fourth-order valence-corrected chi connectivity index (χ4v) is 2.84. The molecule has 0 amide bonds. The van der Waals surface area contributed by atoms with Crippen LogP contribution in [0.25, 0.3) is 17.5 Å². The quantitative estimate of drug-likeness (QED) is 0.494. The fraction of sp³-hybridized carbons (Fsp3) is 0.118. The molecular formula is C17H13ClN2O3S. The maximum Gasteiger partial charge on any atom is 0.331 e. The third-order valence-electron chi connectivity index (χ3n) is 3.09. The molecule has 24 heavy (non-hydrogen) atoms. The van der Waals surface area contributed by atoms with Crippen LogP contribution in [-0.4, -0.2) is 16.1 Å². The molecule has 0 saturated carbocycles. The standard InChI is InChI=1S/C17H13ClN2O3S/c1-11-2-4-12(5-3-11)17-19-15(20-23-17)10-22-16(21)9-7-13-6-8-14(18)24-13/h2-9H,10H2,1H3/b9-7-. The molecule has 0 aliphatic heterocycles. The van der Waals surface area contributed by atoms with Crippen LogP contribution in [0, 0.1) is 6.92 Å². The average molecular weight is 361 g/mol. The van der Waals surface area contributed by atoms with E-state index in [2.05, 4.69) is 10.1 Å². The van der Waals surface area contributed by atoms with Crippen LogP contribution in [0.1, 0.15) is 16.3 Å². The van der Waals surface area contributed by atoms with Crippen molar-refractivity contribution in [1.29, 1.82) is 0 Å². The summed E-state index contributed by atoms with van der Waals surface area (Å²) in [5, 5.41) is 3.81. The van der Waals surface area contributed by atoms with Crippen molar-refractivity contribution in [3.8, 4) is 11.5 Å². The molecule has 0 saturated heterocycles. The number of hydrogen-bond donors (Lipinski definition) is 0. The molecule has 2 heterocycles. The lowest BCUT2D eigenvalue weighted by atomic mass is 10.1. The number of nitrogens with zero attached hydrogens (tertiary/aromatic N) is 2. The van der Waals surface area contributed by atoms with E-state index in [0.717, 1.165) is 16.0 Å². The zero-order chi connectivity index (χ0) is 16.9. The Morgan fingerprint density at radius 3 is 2.79 bits per heavy atom. The van der Waals surface area contributed by atoms with Gasteiger partial charge in [0.15, 0.2) is 6.61 Å². The van der Waals surface area contributed by atoms with Crippen molar-refractivity contribution in [1.82, 2.24) is 10.1 Å².